The van der Waals surface area contributed by atoms with Gasteiger partial charge >= 0.3 is 0 Å². The van der Waals surface area contributed by atoms with Crippen LogP contribution >= 0.6 is 23.5 Å². The Balaban J connectivity index is 2.01. The molecule has 0 atom stereocenters. The predicted molar refractivity (Wildman–Crippen MR) is 87.2 cm³/mol. The number of hydrogen-bond donors (Lipinski definition) is 0. The van der Waals surface area contributed by atoms with Gasteiger partial charge in [0.1, 0.15) is 11.6 Å². The maximum absolute atomic E-state index is 11.9. The van der Waals surface area contributed by atoms with Gasteiger partial charge in [0, 0.05) is 11.5 Å². The summed E-state index contributed by atoms with van der Waals surface area (Å²) in [6.45, 7) is 0. The van der Waals surface area contributed by atoms with E-state index in [1.807, 2.05) is 48.6 Å². The molecule has 0 bridgehead atoms. The fourth-order valence-electron chi connectivity index (χ4n) is 1.61. The number of hydrogen-bond acceptors (Lipinski definition) is 4. The molecule has 1 aliphatic heterocycles. The van der Waals surface area contributed by atoms with Gasteiger partial charge in [-0.25, -0.2) is 0 Å². The highest BCUT2D eigenvalue weighted by Gasteiger charge is 2.17. The average Bonchev–Trinajstić information content (AvgIpc) is 2.99. The van der Waals surface area contributed by atoms with Crippen molar-refractivity contribution in [1.29, 1.82) is 5.26 Å². The van der Waals surface area contributed by atoms with E-state index in [1.165, 1.54) is 6.08 Å². The summed E-state index contributed by atoms with van der Waals surface area (Å²) in [5.41, 5.74) is 1.34. The average molecular weight is 299 g/mol. The summed E-state index contributed by atoms with van der Waals surface area (Å²) in [6, 6.07) is 11.9. The third kappa shape index (κ3) is 4.16. The molecule has 2 nitrogen and oxygen atoms in total. The normalized spacial score (nSPS) is 14.8. The van der Waals surface area contributed by atoms with Gasteiger partial charge in [-0.1, -0.05) is 48.6 Å². The standard InChI is InChI=1S/C16H13NOS2/c17-12-14(16-19-10-11-20-16)15(18)9-5-4-8-13-6-2-1-3-7-13/h1-9H,10-11H2/b8-4+,9-5+. The molecule has 1 fully saturated rings. The van der Waals surface area contributed by atoms with Gasteiger partial charge in [-0.2, -0.15) is 5.26 Å². The van der Waals surface area contributed by atoms with E-state index in [1.54, 1.807) is 29.6 Å². The van der Waals surface area contributed by atoms with Gasteiger partial charge in [0.2, 0.25) is 0 Å². The molecule has 0 spiro atoms. The van der Waals surface area contributed by atoms with Gasteiger partial charge in [0.15, 0.2) is 5.78 Å². The van der Waals surface area contributed by atoms with Crippen LogP contribution in [0, 0.1) is 11.3 Å². The number of allylic oxidation sites excluding steroid dienone is 4. The number of nitrogens with zero attached hydrogens (tertiary/aromatic N) is 1. The molecule has 1 aromatic rings. The zero-order chi connectivity index (χ0) is 14.2. The fourth-order valence-corrected chi connectivity index (χ4v) is 4.07. The molecule has 1 heterocycles. The molecule has 1 saturated heterocycles. The van der Waals surface area contributed by atoms with Crippen molar-refractivity contribution >= 4 is 35.4 Å². The molecule has 2 rings (SSSR count). The molecular formula is C16H13NOS2. The summed E-state index contributed by atoms with van der Waals surface area (Å²) >= 11 is 3.17. The van der Waals surface area contributed by atoms with Crippen molar-refractivity contribution in [3.05, 3.63) is 63.9 Å². The van der Waals surface area contributed by atoms with Crippen molar-refractivity contribution in [3.8, 4) is 6.07 Å². The van der Waals surface area contributed by atoms with Crippen LogP contribution in [0.25, 0.3) is 6.08 Å². The van der Waals surface area contributed by atoms with E-state index in [4.69, 9.17) is 5.26 Å². The molecular weight excluding hydrogens is 286 g/mol. The van der Waals surface area contributed by atoms with E-state index in [2.05, 4.69) is 0 Å². The third-order valence-corrected chi connectivity index (χ3v) is 5.27. The molecule has 4 heteroatoms. The van der Waals surface area contributed by atoms with Crippen LogP contribution in [0.15, 0.2) is 58.4 Å². The van der Waals surface area contributed by atoms with Gasteiger partial charge in [-0.05, 0) is 11.6 Å². The topological polar surface area (TPSA) is 40.9 Å². The number of carbonyl (C=O) groups excluding carboxylic acids is 1. The molecule has 0 amide bonds. The lowest BCUT2D eigenvalue weighted by Gasteiger charge is -1.96. The molecule has 0 aliphatic carbocycles. The number of ketones is 1. The van der Waals surface area contributed by atoms with Crippen molar-refractivity contribution in [2.75, 3.05) is 11.5 Å². The van der Waals surface area contributed by atoms with Gasteiger partial charge < -0.3 is 0 Å². The Hall–Kier alpha value is -1.70. The summed E-state index contributed by atoms with van der Waals surface area (Å²) in [7, 11) is 0. The quantitative estimate of drug-likeness (QED) is 0.478. The lowest BCUT2D eigenvalue weighted by atomic mass is 10.2. The number of nitriles is 1. The monoisotopic (exact) mass is 299 g/mol. The first kappa shape index (κ1) is 14.7. The van der Waals surface area contributed by atoms with Crippen LogP contribution in [0.1, 0.15) is 5.56 Å². The number of thioether (sulfide) groups is 2. The van der Waals surface area contributed by atoms with E-state index in [0.29, 0.717) is 0 Å². The smallest absolute Gasteiger partial charge is 0.198 e. The summed E-state index contributed by atoms with van der Waals surface area (Å²) in [4.78, 5) is 11.9. The predicted octanol–water partition coefficient (Wildman–Crippen LogP) is 4.04. The molecule has 20 heavy (non-hydrogen) atoms. The first-order valence-electron chi connectivity index (χ1n) is 6.15. The maximum atomic E-state index is 11.9. The van der Waals surface area contributed by atoms with Crippen molar-refractivity contribution in [2.45, 2.75) is 0 Å². The highest BCUT2D eigenvalue weighted by atomic mass is 32.2. The number of carbonyl (C=O) groups is 1. The first-order chi connectivity index (χ1) is 9.81. The number of benzene rings is 1. The Morgan fingerprint density at radius 1 is 1.15 bits per heavy atom. The van der Waals surface area contributed by atoms with Crippen molar-refractivity contribution in [2.24, 2.45) is 0 Å². The lowest BCUT2D eigenvalue weighted by Crippen LogP contribution is -1.97. The summed E-state index contributed by atoms with van der Waals surface area (Å²) in [5.74, 6) is 1.72. The van der Waals surface area contributed by atoms with E-state index >= 15 is 0 Å². The van der Waals surface area contributed by atoms with Gasteiger partial charge in [-0.3, -0.25) is 4.79 Å². The molecule has 0 N–H and O–H groups in total. The molecule has 0 saturated carbocycles. The van der Waals surface area contributed by atoms with Crippen LogP contribution in [-0.2, 0) is 4.79 Å². The van der Waals surface area contributed by atoms with Gasteiger partial charge in [-0.15, -0.1) is 23.5 Å². The van der Waals surface area contributed by atoms with Crippen LogP contribution in [0.5, 0.6) is 0 Å². The molecule has 1 aromatic carbocycles. The van der Waals surface area contributed by atoms with Crippen LogP contribution in [0.4, 0.5) is 0 Å². The first-order valence-corrected chi connectivity index (χ1v) is 8.12. The minimum absolute atomic E-state index is 0.220. The Bertz CT molecular complexity index is 601. The highest BCUT2D eigenvalue weighted by molar-refractivity contribution is 8.25. The Kier molecular flexibility index (Phi) is 5.72. The second kappa shape index (κ2) is 7.78. The Morgan fingerprint density at radius 2 is 1.85 bits per heavy atom. The van der Waals surface area contributed by atoms with E-state index in [9.17, 15) is 4.79 Å². The van der Waals surface area contributed by atoms with Crippen LogP contribution in [0.2, 0.25) is 0 Å². The van der Waals surface area contributed by atoms with Gasteiger partial charge in [0.25, 0.3) is 0 Å². The lowest BCUT2D eigenvalue weighted by molar-refractivity contribution is -0.111. The fraction of sp³-hybridized carbons (Fsp3) is 0.125. The molecule has 0 radical (unpaired) electrons. The van der Waals surface area contributed by atoms with Crippen LogP contribution in [-0.4, -0.2) is 17.3 Å². The van der Waals surface area contributed by atoms with Crippen molar-refractivity contribution in [3.63, 3.8) is 0 Å². The molecule has 0 unspecified atom stereocenters. The third-order valence-electron chi connectivity index (χ3n) is 2.56. The molecule has 1 aliphatic rings. The highest BCUT2D eigenvalue weighted by Crippen LogP contribution is 2.38. The van der Waals surface area contributed by atoms with E-state index in [0.717, 1.165) is 21.3 Å². The zero-order valence-electron chi connectivity index (χ0n) is 10.8. The summed E-state index contributed by atoms with van der Waals surface area (Å²) in [5, 5.41) is 9.08. The molecule has 0 aromatic heterocycles. The maximum Gasteiger partial charge on any atom is 0.198 e. The molecule has 100 valence electrons. The minimum atomic E-state index is -0.220. The summed E-state index contributed by atoms with van der Waals surface area (Å²) < 4.78 is 0.856. The second-order valence-corrected chi connectivity index (χ2v) is 6.43. The second-order valence-electron chi connectivity index (χ2n) is 3.96. The Labute approximate surface area is 127 Å². The van der Waals surface area contributed by atoms with Gasteiger partial charge in [0.05, 0.1) is 4.24 Å². The van der Waals surface area contributed by atoms with Crippen molar-refractivity contribution in [1.82, 2.24) is 0 Å². The van der Waals surface area contributed by atoms with Crippen LogP contribution in [0.3, 0.4) is 0 Å². The van der Waals surface area contributed by atoms with Crippen molar-refractivity contribution < 1.29 is 4.79 Å². The number of rotatable bonds is 4. The minimum Gasteiger partial charge on any atom is -0.288 e. The van der Waals surface area contributed by atoms with E-state index in [-0.39, 0.29) is 11.4 Å². The SMILES string of the molecule is N#CC(C(=O)/C=C/C=C/c1ccccc1)=C1SCCS1. The van der Waals surface area contributed by atoms with Crippen LogP contribution < -0.4 is 0 Å². The summed E-state index contributed by atoms with van der Waals surface area (Å²) in [6.07, 6.45) is 6.85. The van der Waals surface area contributed by atoms with E-state index < -0.39 is 0 Å². The largest absolute Gasteiger partial charge is 0.288 e. The Morgan fingerprint density at radius 3 is 2.50 bits per heavy atom. The zero-order valence-corrected chi connectivity index (χ0v) is 12.4.